The van der Waals surface area contributed by atoms with Crippen LogP contribution in [0.4, 0.5) is 0 Å². The van der Waals surface area contributed by atoms with E-state index in [1.807, 2.05) is 13.8 Å². The van der Waals surface area contributed by atoms with Crippen molar-refractivity contribution in [1.82, 2.24) is 0 Å². The number of aliphatic hydroxyl groups is 1. The highest BCUT2D eigenvalue weighted by Gasteiger charge is 2.69. The molecule has 1 heterocycles. The Hall–Kier alpha value is -0.610. The number of unbranched alkanes of at least 4 members (excludes halogenated alkanes) is 10. The molecule has 47 heavy (non-hydrogen) atoms. The minimum atomic E-state index is -0.750. The van der Waals surface area contributed by atoms with E-state index in [0.717, 1.165) is 43.9 Å². The van der Waals surface area contributed by atoms with Gasteiger partial charge in [0.1, 0.15) is 6.10 Å². The molecule has 10 atom stereocenters. The summed E-state index contributed by atoms with van der Waals surface area (Å²) < 4.78 is 13.0. The number of carbonyl (C=O) groups excluding carboxylic acids is 1. The molecule has 1 N–H and O–H groups in total. The first-order valence-corrected chi connectivity index (χ1v) is 20.8. The van der Waals surface area contributed by atoms with Crippen molar-refractivity contribution in [3.63, 3.8) is 0 Å². The largest absolute Gasteiger partial charge is 0.462 e. The average Bonchev–Trinajstić information content (AvgIpc) is 3.63. The van der Waals surface area contributed by atoms with Crippen LogP contribution in [0.25, 0.3) is 0 Å². The highest BCUT2D eigenvalue weighted by Crippen LogP contribution is 2.75. The van der Waals surface area contributed by atoms with Crippen LogP contribution in [-0.2, 0) is 14.3 Å². The smallest absolute Gasteiger partial charge is 0.306 e. The van der Waals surface area contributed by atoms with Crippen molar-refractivity contribution in [2.45, 2.75) is 221 Å². The number of esters is 1. The van der Waals surface area contributed by atoms with Crippen LogP contribution in [0.1, 0.15) is 197 Å². The Kier molecular flexibility index (Phi) is 12.0. The number of rotatable bonds is 15. The Balaban J connectivity index is 1.12. The summed E-state index contributed by atoms with van der Waals surface area (Å²) in [6.45, 7) is 19.0. The minimum Gasteiger partial charge on any atom is -0.462 e. The number of hydrogen-bond acceptors (Lipinski definition) is 4. The van der Waals surface area contributed by atoms with Crippen molar-refractivity contribution in [3.8, 4) is 0 Å². The van der Waals surface area contributed by atoms with Crippen LogP contribution in [-0.4, -0.2) is 35.0 Å². The molecule has 4 heteroatoms. The third-order valence-corrected chi connectivity index (χ3v) is 16.0. The summed E-state index contributed by atoms with van der Waals surface area (Å²) in [5, 5.41) is 10.7. The van der Waals surface area contributed by atoms with Gasteiger partial charge in [-0.05, 0) is 124 Å². The van der Waals surface area contributed by atoms with Gasteiger partial charge in [-0.15, -0.1) is 0 Å². The SMILES string of the molecule is CCCCCCCCCCCCCC(=O)OC1CCC2(C)C(CCC3(C)C2CCC2C(C4CCC(C(C)(C)O)O4)CCC23C)C1(C)C. The highest BCUT2D eigenvalue weighted by atomic mass is 16.5. The summed E-state index contributed by atoms with van der Waals surface area (Å²) in [4.78, 5) is 13.1. The molecule has 4 saturated carbocycles. The van der Waals surface area contributed by atoms with E-state index in [4.69, 9.17) is 9.47 Å². The summed E-state index contributed by atoms with van der Waals surface area (Å²) in [5.74, 6) is 2.76. The van der Waals surface area contributed by atoms with Gasteiger partial charge in [0.25, 0.3) is 0 Å². The van der Waals surface area contributed by atoms with Gasteiger partial charge >= 0.3 is 5.97 Å². The molecule has 4 nitrogen and oxygen atoms in total. The zero-order valence-corrected chi connectivity index (χ0v) is 32.3. The van der Waals surface area contributed by atoms with Gasteiger partial charge in [0.15, 0.2) is 0 Å². The molecule has 4 aliphatic carbocycles. The molecule has 5 aliphatic rings. The fourth-order valence-corrected chi connectivity index (χ4v) is 13.1. The lowest BCUT2D eigenvalue weighted by molar-refractivity contribution is -0.229. The van der Waals surface area contributed by atoms with E-state index in [2.05, 4.69) is 41.5 Å². The zero-order valence-electron chi connectivity index (χ0n) is 32.3. The van der Waals surface area contributed by atoms with E-state index in [1.165, 1.54) is 103 Å². The van der Waals surface area contributed by atoms with Crippen molar-refractivity contribution < 1.29 is 19.4 Å². The first-order valence-electron chi connectivity index (χ1n) is 20.8. The van der Waals surface area contributed by atoms with Crippen molar-refractivity contribution in [2.24, 2.45) is 45.3 Å². The van der Waals surface area contributed by atoms with Crippen LogP contribution >= 0.6 is 0 Å². The first kappa shape index (κ1) is 37.6. The van der Waals surface area contributed by atoms with Crippen LogP contribution in [0.15, 0.2) is 0 Å². The standard InChI is InChI=1S/C43H76O4/c1-9-10-11-12-13-14-15-16-17-18-19-20-38(44)47-36-27-28-41(6)34(39(36,2)3)26-30-43(8)35(41)23-21-32-31(25-29-42(32,43)7)33-22-24-37(46-33)40(4,5)45/h31-37,45H,9-30H2,1-8H3. The second-order valence-electron chi connectivity index (χ2n) is 19.4. The zero-order chi connectivity index (χ0) is 34.1. The summed E-state index contributed by atoms with van der Waals surface area (Å²) in [7, 11) is 0. The predicted octanol–water partition coefficient (Wildman–Crippen LogP) is 11.6. The lowest BCUT2D eigenvalue weighted by Gasteiger charge is -2.70. The molecule has 5 fully saturated rings. The maximum absolute atomic E-state index is 13.1. The van der Waals surface area contributed by atoms with E-state index < -0.39 is 5.60 Å². The van der Waals surface area contributed by atoms with E-state index in [0.29, 0.717) is 40.6 Å². The van der Waals surface area contributed by atoms with Crippen LogP contribution in [0.3, 0.4) is 0 Å². The molecule has 0 spiro atoms. The average molecular weight is 657 g/mol. The molecule has 1 aliphatic heterocycles. The van der Waals surface area contributed by atoms with Crippen LogP contribution in [0, 0.1) is 45.3 Å². The van der Waals surface area contributed by atoms with E-state index >= 15 is 0 Å². The third-order valence-electron chi connectivity index (χ3n) is 16.0. The molecule has 0 amide bonds. The molecule has 1 saturated heterocycles. The first-order chi connectivity index (χ1) is 22.2. The number of ether oxygens (including phenoxy) is 2. The van der Waals surface area contributed by atoms with Gasteiger partial charge in [-0.1, -0.05) is 106 Å². The van der Waals surface area contributed by atoms with Crippen LogP contribution in [0.2, 0.25) is 0 Å². The molecule has 0 aromatic carbocycles. The summed E-state index contributed by atoms with van der Waals surface area (Å²) in [6, 6.07) is 0. The molecular formula is C43H76O4. The lowest BCUT2D eigenvalue weighted by atomic mass is 9.35. The van der Waals surface area contributed by atoms with Gasteiger partial charge in [0.2, 0.25) is 0 Å². The normalized spacial score (nSPS) is 41.3. The maximum Gasteiger partial charge on any atom is 0.306 e. The van der Waals surface area contributed by atoms with Gasteiger partial charge < -0.3 is 14.6 Å². The van der Waals surface area contributed by atoms with E-state index in [1.54, 1.807) is 0 Å². The predicted molar refractivity (Wildman–Crippen MR) is 194 cm³/mol. The molecule has 272 valence electrons. The summed E-state index contributed by atoms with van der Waals surface area (Å²) in [5.41, 5.74) is 0.268. The minimum absolute atomic E-state index is 0.0148. The van der Waals surface area contributed by atoms with Crippen LogP contribution < -0.4 is 0 Å². The molecule has 0 aromatic heterocycles. The lowest BCUT2D eigenvalue weighted by Crippen LogP contribution is -2.64. The molecule has 0 radical (unpaired) electrons. The second-order valence-corrected chi connectivity index (χ2v) is 19.4. The Morgan fingerprint density at radius 1 is 0.723 bits per heavy atom. The Labute approximate surface area is 290 Å². The van der Waals surface area contributed by atoms with E-state index in [9.17, 15) is 9.90 Å². The topological polar surface area (TPSA) is 55.8 Å². The number of carbonyl (C=O) groups is 1. The Morgan fingerprint density at radius 3 is 1.96 bits per heavy atom. The molecule has 0 aromatic rings. The van der Waals surface area contributed by atoms with Crippen molar-refractivity contribution in [3.05, 3.63) is 0 Å². The second kappa shape index (κ2) is 14.9. The van der Waals surface area contributed by atoms with Gasteiger partial charge in [-0.2, -0.15) is 0 Å². The number of fused-ring (bicyclic) bond motifs is 5. The summed E-state index contributed by atoms with van der Waals surface area (Å²) >= 11 is 0. The fraction of sp³-hybridized carbons (Fsp3) is 0.977. The molecule has 5 rings (SSSR count). The monoisotopic (exact) mass is 657 g/mol. The third kappa shape index (κ3) is 7.41. The Morgan fingerprint density at radius 2 is 1.34 bits per heavy atom. The maximum atomic E-state index is 13.1. The highest BCUT2D eigenvalue weighted by molar-refractivity contribution is 5.69. The van der Waals surface area contributed by atoms with Gasteiger partial charge in [0.05, 0.1) is 17.8 Å². The molecule has 10 unspecified atom stereocenters. The van der Waals surface area contributed by atoms with Gasteiger partial charge in [0, 0.05) is 11.8 Å². The van der Waals surface area contributed by atoms with E-state index in [-0.39, 0.29) is 23.6 Å². The van der Waals surface area contributed by atoms with Gasteiger partial charge in [-0.25, -0.2) is 0 Å². The molecular weight excluding hydrogens is 580 g/mol. The Bertz CT molecular complexity index is 1030. The van der Waals surface area contributed by atoms with Gasteiger partial charge in [-0.3, -0.25) is 4.79 Å². The quantitative estimate of drug-likeness (QED) is 0.141. The fourth-order valence-electron chi connectivity index (χ4n) is 13.1. The van der Waals surface area contributed by atoms with Crippen LogP contribution in [0.5, 0.6) is 0 Å². The van der Waals surface area contributed by atoms with Crippen molar-refractivity contribution in [2.75, 3.05) is 0 Å². The molecule has 0 bridgehead atoms. The van der Waals surface area contributed by atoms with Crippen molar-refractivity contribution >= 4 is 5.97 Å². The number of hydrogen-bond donors (Lipinski definition) is 1. The summed E-state index contributed by atoms with van der Waals surface area (Å²) in [6.07, 6.45) is 27.5. The van der Waals surface area contributed by atoms with Crippen molar-refractivity contribution in [1.29, 1.82) is 0 Å².